The summed E-state index contributed by atoms with van der Waals surface area (Å²) in [6.07, 6.45) is 1.31. The van der Waals surface area contributed by atoms with Gasteiger partial charge in [0, 0.05) is 13.1 Å². The number of halogens is 1. The van der Waals surface area contributed by atoms with Gasteiger partial charge in [0.15, 0.2) is 0 Å². The summed E-state index contributed by atoms with van der Waals surface area (Å²) in [7, 11) is -3.54. The zero-order valence-electron chi connectivity index (χ0n) is 15.5. The van der Waals surface area contributed by atoms with Crippen LogP contribution in [-0.4, -0.2) is 44.7 Å². The van der Waals surface area contributed by atoms with Gasteiger partial charge in [-0.15, -0.1) is 0 Å². The van der Waals surface area contributed by atoms with E-state index in [1.54, 1.807) is 0 Å². The minimum absolute atomic E-state index is 0.0620. The van der Waals surface area contributed by atoms with E-state index in [2.05, 4.69) is 0 Å². The minimum atomic E-state index is -3.54. The molecule has 2 aromatic rings. The van der Waals surface area contributed by atoms with Crippen molar-refractivity contribution in [2.24, 2.45) is 0 Å². The van der Waals surface area contributed by atoms with Gasteiger partial charge >= 0.3 is 0 Å². The molecular weight excluding hydrogens is 385 g/mol. The van der Waals surface area contributed by atoms with E-state index >= 15 is 0 Å². The van der Waals surface area contributed by atoms with Crippen molar-refractivity contribution < 1.29 is 26.5 Å². The Hall–Kier alpha value is -2.45. The Morgan fingerprint density at radius 2 is 1.82 bits per heavy atom. The van der Waals surface area contributed by atoms with Crippen LogP contribution in [0.4, 0.5) is 4.39 Å². The van der Waals surface area contributed by atoms with Gasteiger partial charge in [0.05, 0.1) is 17.9 Å². The number of amides is 1. The van der Waals surface area contributed by atoms with Gasteiger partial charge < -0.3 is 9.64 Å². The minimum Gasteiger partial charge on any atom is -0.489 e. The average molecular weight is 407 g/mol. The molecule has 0 spiro atoms. The molecule has 3 rings (SSSR count). The van der Waals surface area contributed by atoms with Crippen LogP contribution >= 0.6 is 0 Å². The molecule has 1 aliphatic rings. The molecule has 8 heteroatoms. The Bertz CT molecular complexity index is 925. The summed E-state index contributed by atoms with van der Waals surface area (Å²) in [5, 5.41) is 0. The number of carbonyl (C=O) groups excluding carboxylic acids is 1. The molecule has 0 saturated carbocycles. The van der Waals surface area contributed by atoms with Gasteiger partial charge in [-0.3, -0.25) is 8.98 Å². The molecule has 150 valence electrons. The van der Waals surface area contributed by atoms with Crippen LogP contribution in [-0.2, 0) is 20.9 Å². The van der Waals surface area contributed by atoms with Crippen molar-refractivity contribution in [2.75, 3.05) is 19.3 Å². The summed E-state index contributed by atoms with van der Waals surface area (Å²) in [6, 6.07) is 13.6. The highest BCUT2D eigenvalue weighted by molar-refractivity contribution is 7.86. The lowest BCUT2D eigenvalue weighted by Gasteiger charge is -2.31. The summed E-state index contributed by atoms with van der Waals surface area (Å²) >= 11 is 0. The number of carbonyl (C=O) groups is 1. The van der Waals surface area contributed by atoms with E-state index in [9.17, 15) is 17.6 Å². The number of piperidine rings is 1. The zero-order valence-corrected chi connectivity index (χ0v) is 16.3. The lowest BCUT2D eigenvalue weighted by Crippen LogP contribution is -2.41. The molecule has 1 saturated heterocycles. The van der Waals surface area contributed by atoms with E-state index in [-0.39, 0.29) is 5.56 Å². The zero-order chi connectivity index (χ0) is 20.1. The Kier molecular flexibility index (Phi) is 6.31. The van der Waals surface area contributed by atoms with E-state index in [0.29, 0.717) is 38.3 Å². The van der Waals surface area contributed by atoms with Crippen LogP contribution in [0.25, 0.3) is 0 Å². The maximum atomic E-state index is 14.2. The molecule has 0 unspecified atom stereocenters. The molecule has 0 radical (unpaired) electrons. The van der Waals surface area contributed by atoms with Crippen molar-refractivity contribution >= 4 is 16.0 Å². The first-order valence-corrected chi connectivity index (χ1v) is 10.8. The van der Waals surface area contributed by atoms with Crippen LogP contribution in [0.2, 0.25) is 0 Å². The van der Waals surface area contributed by atoms with E-state index in [4.69, 9.17) is 8.92 Å². The normalized spacial score (nSPS) is 15.4. The molecule has 1 amide bonds. The molecule has 1 fully saturated rings. The van der Waals surface area contributed by atoms with Crippen molar-refractivity contribution in [3.8, 4) is 5.75 Å². The Balaban J connectivity index is 1.63. The monoisotopic (exact) mass is 407 g/mol. The van der Waals surface area contributed by atoms with Gasteiger partial charge in [0.25, 0.3) is 16.0 Å². The topological polar surface area (TPSA) is 72.9 Å². The first kappa shape index (κ1) is 20.3. The van der Waals surface area contributed by atoms with Crippen molar-refractivity contribution in [3.63, 3.8) is 0 Å². The number of benzene rings is 2. The van der Waals surface area contributed by atoms with Gasteiger partial charge in [-0.2, -0.15) is 8.42 Å². The van der Waals surface area contributed by atoms with Crippen molar-refractivity contribution in [2.45, 2.75) is 25.6 Å². The summed E-state index contributed by atoms with van der Waals surface area (Å²) in [5.41, 5.74) is 0.903. The molecule has 0 atom stereocenters. The maximum absolute atomic E-state index is 14.2. The summed E-state index contributed by atoms with van der Waals surface area (Å²) < 4.78 is 47.3. The van der Waals surface area contributed by atoms with Crippen LogP contribution in [0, 0.1) is 5.82 Å². The molecule has 0 N–H and O–H groups in total. The van der Waals surface area contributed by atoms with E-state index < -0.39 is 27.9 Å². The van der Waals surface area contributed by atoms with Crippen molar-refractivity contribution in [3.05, 3.63) is 65.5 Å². The van der Waals surface area contributed by atoms with Crippen LogP contribution in [0.15, 0.2) is 48.5 Å². The highest BCUT2D eigenvalue weighted by Gasteiger charge is 2.27. The Morgan fingerprint density at radius 1 is 1.14 bits per heavy atom. The molecule has 28 heavy (non-hydrogen) atoms. The van der Waals surface area contributed by atoms with E-state index in [0.717, 1.165) is 11.8 Å². The number of rotatable bonds is 6. The molecule has 0 aliphatic carbocycles. The van der Waals surface area contributed by atoms with Gasteiger partial charge in [0.1, 0.15) is 18.2 Å². The fourth-order valence-corrected chi connectivity index (χ4v) is 3.76. The van der Waals surface area contributed by atoms with Gasteiger partial charge in [-0.25, -0.2) is 4.39 Å². The predicted molar refractivity (Wildman–Crippen MR) is 102 cm³/mol. The quantitative estimate of drug-likeness (QED) is 0.689. The lowest BCUT2D eigenvalue weighted by atomic mass is 10.1. The number of nitrogens with zero attached hydrogens (tertiary/aromatic N) is 1. The molecule has 0 bridgehead atoms. The van der Waals surface area contributed by atoms with Gasteiger partial charge in [0.2, 0.25) is 0 Å². The third-order valence-electron chi connectivity index (χ3n) is 4.46. The molecule has 2 aromatic carbocycles. The average Bonchev–Trinajstić information content (AvgIpc) is 2.67. The Labute approximate surface area is 164 Å². The third-order valence-corrected chi connectivity index (χ3v) is 5.08. The summed E-state index contributed by atoms with van der Waals surface area (Å²) in [4.78, 5) is 14.2. The molecule has 1 aliphatic heterocycles. The highest BCUT2D eigenvalue weighted by Crippen LogP contribution is 2.22. The fourth-order valence-electron chi connectivity index (χ4n) is 3.07. The summed E-state index contributed by atoms with van der Waals surface area (Å²) in [6.45, 7) is 0.912. The third kappa shape index (κ3) is 5.53. The predicted octanol–water partition coefficient (Wildman–Crippen LogP) is 2.99. The van der Waals surface area contributed by atoms with Crippen molar-refractivity contribution in [1.82, 2.24) is 4.90 Å². The van der Waals surface area contributed by atoms with Crippen LogP contribution in [0.3, 0.4) is 0 Å². The number of hydrogen-bond donors (Lipinski definition) is 0. The van der Waals surface area contributed by atoms with Crippen molar-refractivity contribution in [1.29, 1.82) is 0 Å². The van der Waals surface area contributed by atoms with Gasteiger partial charge in [-0.1, -0.05) is 30.3 Å². The van der Waals surface area contributed by atoms with Crippen LogP contribution < -0.4 is 4.74 Å². The first-order chi connectivity index (χ1) is 13.3. The SMILES string of the molecule is CS(=O)(=O)OC1CCN(C(=O)c2cc(OCc3ccccc3)ccc2F)CC1. The van der Waals surface area contributed by atoms with Crippen LogP contribution in [0.5, 0.6) is 5.75 Å². The largest absolute Gasteiger partial charge is 0.489 e. The first-order valence-electron chi connectivity index (χ1n) is 8.95. The fraction of sp³-hybridized carbons (Fsp3) is 0.350. The second-order valence-corrected chi connectivity index (χ2v) is 8.31. The van der Waals surface area contributed by atoms with E-state index in [1.165, 1.54) is 23.1 Å². The van der Waals surface area contributed by atoms with Gasteiger partial charge in [-0.05, 0) is 36.6 Å². The van der Waals surface area contributed by atoms with E-state index in [1.807, 2.05) is 30.3 Å². The lowest BCUT2D eigenvalue weighted by molar-refractivity contribution is 0.0604. The molecule has 1 heterocycles. The second-order valence-electron chi connectivity index (χ2n) is 6.71. The Morgan fingerprint density at radius 3 is 2.46 bits per heavy atom. The molecule has 0 aromatic heterocycles. The molecular formula is C20H22FNO5S. The smallest absolute Gasteiger partial charge is 0.264 e. The molecule has 6 nitrogen and oxygen atoms in total. The summed E-state index contributed by atoms with van der Waals surface area (Å²) in [5.74, 6) is -0.657. The standard InChI is InChI=1S/C20H22FNO5S/c1-28(24,25)27-16-9-11-22(12-10-16)20(23)18-13-17(7-8-19(18)21)26-14-15-5-3-2-4-6-15/h2-8,13,16H,9-12,14H2,1H3. The number of likely N-dealkylation sites (tertiary alicyclic amines) is 1. The second kappa shape index (κ2) is 8.70. The maximum Gasteiger partial charge on any atom is 0.264 e. The highest BCUT2D eigenvalue weighted by atomic mass is 32.2. The number of hydrogen-bond acceptors (Lipinski definition) is 5. The van der Waals surface area contributed by atoms with Crippen LogP contribution in [0.1, 0.15) is 28.8 Å². The number of ether oxygens (including phenoxy) is 1.